The van der Waals surface area contributed by atoms with Gasteiger partial charge >= 0.3 is 0 Å². The molecule has 0 saturated heterocycles. The Balaban J connectivity index is 2.04. The fraction of sp³-hybridized carbons (Fsp3) is 0.684. The summed E-state index contributed by atoms with van der Waals surface area (Å²) in [6.45, 7) is 8.26. The summed E-state index contributed by atoms with van der Waals surface area (Å²) in [5.74, 6) is 2.60. The topological polar surface area (TPSA) is 12.0 Å². The van der Waals surface area contributed by atoms with Crippen molar-refractivity contribution < 1.29 is 0 Å². The standard InChI is InChI=1S/C19H30BrN/c1-4-9-21-19(13-16-5-7-18(20)8-6-16)17-11-14(2)10-15(3)12-17/h5-8,14-15,17,19,21H,4,9-13H2,1-3H3. The highest BCUT2D eigenvalue weighted by molar-refractivity contribution is 9.10. The molecule has 0 heterocycles. The first-order valence-electron chi connectivity index (χ1n) is 8.56. The average molecular weight is 352 g/mol. The Labute approximate surface area is 139 Å². The van der Waals surface area contributed by atoms with Gasteiger partial charge < -0.3 is 5.32 Å². The fourth-order valence-electron chi connectivity index (χ4n) is 3.95. The molecule has 0 aromatic heterocycles. The maximum Gasteiger partial charge on any atom is 0.0175 e. The molecule has 1 nitrogen and oxygen atoms in total. The number of hydrogen-bond acceptors (Lipinski definition) is 1. The molecule has 1 aromatic rings. The van der Waals surface area contributed by atoms with E-state index in [2.05, 4.69) is 66.3 Å². The Morgan fingerprint density at radius 3 is 2.29 bits per heavy atom. The van der Waals surface area contributed by atoms with Crippen LogP contribution in [0.1, 0.15) is 52.0 Å². The second kappa shape index (κ2) is 8.33. The van der Waals surface area contributed by atoms with Gasteiger partial charge in [0.15, 0.2) is 0 Å². The van der Waals surface area contributed by atoms with Crippen molar-refractivity contribution in [3.05, 3.63) is 34.3 Å². The van der Waals surface area contributed by atoms with Gasteiger partial charge in [-0.2, -0.15) is 0 Å². The molecule has 0 bridgehead atoms. The van der Waals surface area contributed by atoms with Gasteiger partial charge in [-0.1, -0.05) is 48.8 Å². The van der Waals surface area contributed by atoms with E-state index in [4.69, 9.17) is 0 Å². The van der Waals surface area contributed by atoms with Gasteiger partial charge in [0.1, 0.15) is 0 Å². The first-order valence-corrected chi connectivity index (χ1v) is 9.35. The van der Waals surface area contributed by atoms with E-state index in [1.807, 2.05) is 0 Å². The third-order valence-corrected chi connectivity index (χ3v) is 5.34. The fourth-order valence-corrected chi connectivity index (χ4v) is 4.21. The van der Waals surface area contributed by atoms with Gasteiger partial charge in [-0.3, -0.25) is 0 Å². The van der Waals surface area contributed by atoms with Gasteiger partial charge in [0.2, 0.25) is 0 Å². The van der Waals surface area contributed by atoms with E-state index in [1.165, 1.54) is 35.7 Å². The predicted octanol–water partition coefficient (Wildman–Crippen LogP) is 5.43. The molecule has 1 saturated carbocycles. The minimum absolute atomic E-state index is 0.635. The third kappa shape index (κ3) is 5.41. The molecule has 0 aliphatic heterocycles. The molecule has 0 spiro atoms. The smallest absolute Gasteiger partial charge is 0.0175 e. The van der Waals surface area contributed by atoms with Crippen LogP contribution in [0.2, 0.25) is 0 Å². The number of hydrogen-bond donors (Lipinski definition) is 1. The SMILES string of the molecule is CCCNC(Cc1ccc(Br)cc1)C1CC(C)CC(C)C1. The van der Waals surface area contributed by atoms with E-state index < -0.39 is 0 Å². The number of benzene rings is 1. The quantitative estimate of drug-likeness (QED) is 0.720. The normalized spacial score (nSPS) is 27.5. The van der Waals surface area contributed by atoms with Crippen LogP contribution in [0.15, 0.2) is 28.7 Å². The molecule has 1 aromatic carbocycles. The Bertz CT molecular complexity index is 404. The second-order valence-corrected chi connectivity index (χ2v) is 7.98. The van der Waals surface area contributed by atoms with E-state index in [1.54, 1.807) is 0 Å². The van der Waals surface area contributed by atoms with E-state index in [-0.39, 0.29) is 0 Å². The van der Waals surface area contributed by atoms with Gasteiger partial charge in [0, 0.05) is 10.5 Å². The predicted molar refractivity (Wildman–Crippen MR) is 95.6 cm³/mol. The Hall–Kier alpha value is -0.340. The maximum atomic E-state index is 3.83. The summed E-state index contributed by atoms with van der Waals surface area (Å²) in [5, 5.41) is 3.83. The molecular weight excluding hydrogens is 322 g/mol. The van der Waals surface area contributed by atoms with Crippen molar-refractivity contribution in [2.75, 3.05) is 6.54 Å². The molecule has 3 atom stereocenters. The molecule has 1 aliphatic rings. The Morgan fingerprint density at radius 1 is 1.10 bits per heavy atom. The van der Waals surface area contributed by atoms with Crippen LogP contribution in [0.5, 0.6) is 0 Å². The van der Waals surface area contributed by atoms with E-state index in [9.17, 15) is 0 Å². The number of halogens is 1. The summed E-state index contributed by atoms with van der Waals surface area (Å²) in [4.78, 5) is 0. The molecule has 21 heavy (non-hydrogen) atoms. The summed E-state index contributed by atoms with van der Waals surface area (Å²) < 4.78 is 1.17. The van der Waals surface area contributed by atoms with Crippen molar-refractivity contribution >= 4 is 15.9 Å². The summed E-state index contributed by atoms with van der Waals surface area (Å²) >= 11 is 3.53. The number of rotatable bonds is 6. The molecule has 118 valence electrons. The molecule has 1 N–H and O–H groups in total. The van der Waals surface area contributed by atoms with Crippen LogP contribution in [0, 0.1) is 17.8 Å². The van der Waals surface area contributed by atoms with Crippen LogP contribution in [0.4, 0.5) is 0 Å². The molecule has 1 aliphatic carbocycles. The lowest BCUT2D eigenvalue weighted by Crippen LogP contribution is -2.41. The Kier molecular flexibility index (Phi) is 6.75. The molecule has 0 amide bonds. The third-order valence-electron chi connectivity index (χ3n) is 4.81. The lowest BCUT2D eigenvalue weighted by Gasteiger charge is -2.37. The van der Waals surface area contributed by atoms with Gasteiger partial charge in [-0.25, -0.2) is 0 Å². The van der Waals surface area contributed by atoms with Crippen molar-refractivity contribution in [3.63, 3.8) is 0 Å². The van der Waals surface area contributed by atoms with Crippen LogP contribution in [-0.2, 0) is 6.42 Å². The van der Waals surface area contributed by atoms with Gasteiger partial charge in [-0.05, 0) is 74.1 Å². The van der Waals surface area contributed by atoms with Crippen molar-refractivity contribution in [1.29, 1.82) is 0 Å². The molecule has 3 unspecified atom stereocenters. The van der Waals surface area contributed by atoms with Crippen LogP contribution in [-0.4, -0.2) is 12.6 Å². The van der Waals surface area contributed by atoms with Crippen LogP contribution >= 0.6 is 15.9 Å². The Morgan fingerprint density at radius 2 is 1.71 bits per heavy atom. The van der Waals surface area contributed by atoms with Crippen molar-refractivity contribution in [2.24, 2.45) is 17.8 Å². The maximum absolute atomic E-state index is 3.83. The molecule has 2 rings (SSSR count). The largest absolute Gasteiger partial charge is 0.313 e. The zero-order valence-corrected chi connectivity index (χ0v) is 15.3. The summed E-state index contributed by atoms with van der Waals surface area (Å²) in [6, 6.07) is 9.49. The first-order chi connectivity index (χ1) is 10.1. The van der Waals surface area contributed by atoms with Crippen LogP contribution in [0.25, 0.3) is 0 Å². The average Bonchev–Trinajstić information content (AvgIpc) is 2.44. The van der Waals surface area contributed by atoms with E-state index in [0.29, 0.717) is 6.04 Å². The molecule has 2 heteroatoms. The van der Waals surface area contributed by atoms with Gasteiger partial charge in [0.25, 0.3) is 0 Å². The molecular formula is C19H30BrN. The lowest BCUT2D eigenvalue weighted by molar-refractivity contribution is 0.175. The molecule has 1 fully saturated rings. The zero-order valence-electron chi connectivity index (χ0n) is 13.7. The summed E-state index contributed by atoms with van der Waals surface area (Å²) in [5.41, 5.74) is 1.46. The van der Waals surface area contributed by atoms with Crippen molar-refractivity contribution in [2.45, 2.75) is 58.9 Å². The zero-order chi connectivity index (χ0) is 15.2. The van der Waals surface area contributed by atoms with Crippen LogP contribution in [0.3, 0.4) is 0 Å². The summed E-state index contributed by atoms with van der Waals surface area (Å²) in [7, 11) is 0. The lowest BCUT2D eigenvalue weighted by atomic mass is 9.72. The van der Waals surface area contributed by atoms with Crippen LogP contribution < -0.4 is 5.32 Å². The minimum atomic E-state index is 0.635. The van der Waals surface area contributed by atoms with E-state index in [0.717, 1.165) is 30.7 Å². The van der Waals surface area contributed by atoms with Gasteiger partial charge in [-0.15, -0.1) is 0 Å². The van der Waals surface area contributed by atoms with Crippen molar-refractivity contribution in [3.8, 4) is 0 Å². The molecule has 0 radical (unpaired) electrons. The minimum Gasteiger partial charge on any atom is -0.313 e. The summed E-state index contributed by atoms with van der Waals surface area (Å²) in [6.07, 6.45) is 6.58. The monoisotopic (exact) mass is 351 g/mol. The van der Waals surface area contributed by atoms with E-state index >= 15 is 0 Å². The second-order valence-electron chi connectivity index (χ2n) is 7.07. The first kappa shape index (κ1) is 17.0. The highest BCUT2D eigenvalue weighted by atomic mass is 79.9. The van der Waals surface area contributed by atoms with Crippen molar-refractivity contribution in [1.82, 2.24) is 5.32 Å². The van der Waals surface area contributed by atoms with Gasteiger partial charge in [0.05, 0.1) is 0 Å². The number of nitrogens with one attached hydrogen (secondary N) is 1. The highest BCUT2D eigenvalue weighted by Crippen LogP contribution is 2.35. The highest BCUT2D eigenvalue weighted by Gasteiger charge is 2.29.